The van der Waals surface area contributed by atoms with E-state index in [9.17, 15) is 4.79 Å². The molecule has 0 radical (unpaired) electrons. The van der Waals surface area contributed by atoms with Crippen molar-refractivity contribution in [1.82, 2.24) is 15.5 Å². The second kappa shape index (κ2) is 6.10. The van der Waals surface area contributed by atoms with Crippen LogP contribution in [-0.2, 0) is 0 Å². The van der Waals surface area contributed by atoms with Gasteiger partial charge in [0, 0.05) is 11.4 Å². The number of H-pyrrole nitrogens is 1. The number of anilines is 1. The Kier molecular flexibility index (Phi) is 4.24. The van der Waals surface area contributed by atoms with E-state index in [4.69, 9.17) is 10.5 Å². The number of rotatable bonds is 5. The molecule has 0 saturated heterocycles. The molecule has 20 heavy (non-hydrogen) atoms. The quantitative estimate of drug-likeness (QED) is 0.568. The van der Waals surface area contributed by atoms with Gasteiger partial charge in [0.05, 0.1) is 17.8 Å². The fourth-order valence-electron chi connectivity index (χ4n) is 1.87. The lowest BCUT2D eigenvalue weighted by Gasteiger charge is -2.08. The number of hydrogen-bond donors (Lipinski definition) is 3. The maximum atomic E-state index is 12.0. The van der Waals surface area contributed by atoms with Crippen LogP contribution in [-0.4, -0.2) is 29.3 Å². The van der Waals surface area contributed by atoms with Crippen LogP contribution in [0.2, 0.25) is 0 Å². The summed E-state index contributed by atoms with van der Waals surface area (Å²) in [5.74, 6) is 0.582. The Labute approximate surface area is 117 Å². The van der Waals surface area contributed by atoms with Crippen LogP contribution in [0, 0.1) is 13.8 Å². The van der Waals surface area contributed by atoms with Crippen molar-refractivity contribution in [3.8, 4) is 5.75 Å². The molecule has 6 nitrogen and oxygen atoms in total. The molecule has 2 aromatic rings. The van der Waals surface area contributed by atoms with Gasteiger partial charge in [0.2, 0.25) is 0 Å². The summed E-state index contributed by atoms with van der Waals surface area (Å²) >= 11 is 0. The zero-order valence-electron chi connectivity index (χ0n) is 11.6. The van der Waals surface area contributed by atoms with Crippen LogP contribution in [0.5, 0.6) is 5.75 Å². The highest BCUT2D eigenvalue weighted by atomic mass is 16.5. The number of carbonyl (C=O) groups excluding carboxylic acids is 1. The van der Waals surface area contributed by atoms with Crippen molar-refractivity contribution >= 4 is 11.6 Å². The summed E-state index contributed by atoms with van der Waals surface area (Å²) in [4.78, 5) is 12.0. The van der Waals surface area contributed by atoms with Gasteiger partial charge in [0.25, 0.3) is 5.91 Å². The summed E-state index contributed by atoms with van der Waals surface area (Å²) < 4.78 is 5.50. The lowest BCUT2D eigenvalue weighted by atomic mass is 10.2. The van der Waals surface area contributed by atoms with E-state index in [0.29, 0.717) is 30.1 Å². The fraction of sp³-hybridized carbons (Fsp3) is 0.286. The molecule has 0 aliphatic rings. The lowest BCUT2D eigenvalue weighted by Crippen LogP contribution is -2.28. The first-order chi connectivity index (χ1) is 9.58. The van der Waals surface area contributed by atoms with Crippen molar-refractivity contribution in [2.45, 2.75) is 13.8 Å². The van der Waals surface area contributed by atoms with Crippen LogP contribution in [0.3, 0.4) is 0 Å². The normalized spacial score (nSPS) is 10.3. The Hall–Kier alpha value is -2.50. The average Bonchev–Trinajstić information content (AvgIpc) is 2.76. The van der Waals surface area contributed by atoms with E-state index in [2.05, 4.69) is 15.5 Å². The molecule has 6 heteroatoms. The highest BCUT2D eigenvalue weighted by Gasteiger charge is 2.14. The number of aryl methyl sites for hydroxylation is 2. The zero-order chi connectivity index (χ0) is 14.5. The van der Waals surface area contributed by atoms with Crippen LogP contribution in [0.15, 0.2) is 24.3 Å². The number of nitrogens with one attached hydrogen (secondary N) is 2. The van der Waals surface area contributed by atoms with E-state index in [1.807, 2.05) is 6.92 Å². The van der Waals surface area contributed by atoms with Crippen LogP contribution in [0.1, 0.15) is 21.7 Å². The maximum absolute atomic E-state index is 12.0. The number of amides is 1. The second-order valence-electron chi connectivity index (χ2n) is 4.48. The van der Waals surface area contributed by atoms with E-state index in [1.165, 1.54) is 0 Å². The minimum Gasteiger partial charge on any atom is -0.492 e. The first-order valence-electron chi connectivity index (χ1n) is 6.36. The van der Waals surface area contributed by atoms with E-state index in [-0.39, 0.29) is 5.91 Å². The number of benzene rings is 1. The molecule has 0 unspecified atom stereocenters. The van der Waals surface area contributed by atoms with E-state index in [1.54, 1.807) is 31.2 Å². The summed E-state index contributed by atoms with van der Waals surface area (Å²) in [5.41, 5.74) is 8.33. The maximum Gasteiger partial charge on any atom is 0.255 e. The molecule has 1 amide bonds. The van der Waals surface area contributed by atoms with Crippen molar-refractivity contribution in [3.05, 3.63) is 41.2 Å². The van der Waals surface area contributed by atoms with Crippen molar-refractivity contribution < 1.29 is 9.53 Å². The molecule has 1 aromatic heterocycles. The Bertz CT molecular complexity index is 570. The van der Waals surface area contributed by atoms with Crippen molar-refractivity contribution in [2.75, 3.05) is 18.9 Å². The Morgan fingerprint density at radius 3 is 2.65 bits per heavy atom. The van der Waals surface area contributed by atoms with Crippen LogP contribution in [0.4, 0.5) is 5.69 Å². The minimum atomic E-state index is -0.144. The number of nitrogen functional groups attached to an aromatic ring is 1. The number of aromatic amines is 1. The van der Waals surface area contributed by atoms with E-state index in [0.717, 1.165) is 11.4 Å². The number of nitrogens with two attached hydrogens (primary N) is 1. The van der Waals surface area contributed by atoms with Gasteiger partial charge in [-0.05, 0) is 38.1 Å². The molecule has 0 spiro atoms. The third kappa shape index (κ3) is 3.28. The lowest BCUT2D eigenvalue weighted by molar-refractivity contribution is 0.0946. The van der Waals surface area contributed by atoms with Gasteiger partial charge in [-0.3, -0.25) is 9.89 Å². The molecule has 2 rings (SSSR count). The predicted molar refractivity (Wildman–Crippen MR) is 76.7 cm³/mol. The third-order valence-electron chi connectivity index (χ3n) is 2.89. The number of ether oxygens (including phenoxy) is 1. The molecule has 0 atom stereocenters. The SMILES string of the molecule is Cc1n[nH]c(C)c1C(=O)NCCOc1ccc(N)cc1. The number of aromatic nitrogens is 2. The standard InChI is InChI=1S/C14H18N4O2/c1-9-13(10(2)18-17-9)14(19)16-7-8-20-12-5-3-11(15)4-6-12/h3-6H,7-8,15H2,1-2H3,(H,16,19)(H,17,18). The molecule has 1 heterocycles. The van der Waals surface area contributed by atoms with Gasteiger partial charge in [-0.15, -0.1) is 0 Å². The molecule has 4 N–H and O–H groups in total. The molecular weight excluding hydrogens is 256 g/mol. The van der Waals surface area contributed by atoms with Crippen molar-refractivity contribution in [2.24, 2.45) is 0 Å². The molecule has 0 fully saturated rings. The largest absolute Gasteiger partial charge is 0.492 e. The Balaban J connectivity index is 1.79. The topological polar surface area (TPSA) is 93.0 Å². The van der Waals surface area contributed by atoms with Gasteiger partial charge in [0.1, 0.15) is 12.4 Å². The molecule has 0 bridgehead atoms. The second-order valence-corrected chi connectivity index (χ2v) is 4.48. The first-order valence-corrected chi connectivity index (χ1v) is 6.36. The summed E-state index contributed by atoms with van der Waals surface area (Å²) in [6.07, 6.45) is 0. The predicted octanol–water partition coefficient (Wildman–Crippen LogP) is 1.42. The van der Waals surface area contributed by atoms with Gasteiger partial charge in [-0.1, -0.05) is 0 Å². The Morgan fingerprint density at radius 2 is 2.05 bits per heavy atom. The fourth-order valence-corrected chi connectivity index (χ4v) is 1.87. The van der Waals surface area contributed by atoms with E-state index >= 15 is 0 Å². The summed E-state index contributed by atoms with van der Waals surface area (Å²) in [7, 11) is 0. The number of hydrogen-bond acceptors (Lipinski definition) is 4. The average molecular weight is 274 g/mol. The highest BCUT2D eigenvalue weighted by Crippen LogP contribution is 2.12. The number of nitrogens with zero attached hydrogens (tertiary/aromatic N) is 1. The molecule has 0 aliphatic heterocycles. The molecule has 1 aromatic carbocycles. The van der Waals surface area contributed by atoms with Crippen molar-refractivity contribution in [3.63, 3.8) is 0 Å². The Morgan fingerprint density at radius 1 is 1.35 bits per heavy atom. The first kappa shape index (κ1) is 13.9. The van der Waals surface area contributed by atoms with Gasteiger partial charge in [0.15, 0.2) is 0 Å². The summed E-state index contributed by atoms with van der Waals surface area (Å²) in [6, 6.07) is 7.13. The number of carbonyl (C=O) groups is 1. The molecular formula is C14H18N4O2. The summed E-state index contributed by atoms with van der Waals surface area (Å²) in [5, 5.41) is 9.58. The van der Waals surface area contributed by atoms with Gasteiger partial charge in [-0.25, -0.2) is 0 Å². The van der Waals surface area contributed by atoms with Gasteiger partial charge < -0.3 is 15.8 Å². The van der Waals surface area contributed by atoms with Crippen molar-refractivity contribution in [1.29, 1.82) is 0 Å². The van der Waals surface area contributed by atoms with Gasteiger partial charge in [-0.2, -0.15) is 5.10 Å². The monoisotopic (exact) mass is 274 g/mol. The van der Waals surface area contributed by atoms with Crippen LogP contribution in [0.25, 0.3) is 0 Å². The van der Waals surface area contributed by atoms with Crippen LogP contribution >= 0.6 is 0 Å². The summed E-state index contributed by atoms with van der Waals surface area (Å²) in [6.45, 7) is 4.43. The molecule has 0 aliphatic carbocycles. The third-order valence-corrected chi connectivity index (χ3v) is 2.89. The smallest absolute Gasteiger partial charge is 0.255 e. The zero-order valence-corrected chi connectivity index (χ0v) is 11.6. The van der Waals surface area contributed by atoms with Gasteiger partial charge >= 0.3 is 0 Å². The minimum absolute atomic E-state index is 0.144. The van der Waals surface area contributed by atoms with E-state index < -0.39 is 0 Å². The highest BCUT2D eigenvalue weighted by molar-refractivity contribution is 5.96. The molecule has 0 saturated carbocycles. The van der Waals surface area contributed by atoms with Crippen LogP contribution < -0.4 is 15.8 Å². The molecule has 106 valence electrons.